The SMILES string of the molecule is c1ccc2c(c1)cc(-c1ccc3ccc(-c4cccc5c4oc4ccccc45)cc3c1)c1ccccc12. The fourth-order valence-corrected chi connectivity index (χ4v) is 5.85. The minimum absolute atomic E-state index is 0.927. The highest BCUT2D eigenvalue weighted by Gasteiger charge is 2.13. The van der Waals surface area contributed by atoms with E-state index >= 15 is 0 Å². The van der Waals surface area contributed by atoms with E-state index in [1.807, 2.05) is 12.1 Å². The van der Waals surface area contributed by atoms with Crippen LogP contribution in [0, 0.1) is 0 Å². The van der Waals surface area contributed by atoms with Crippen molar-refractivity contribution in [2.75, 3.05) is 0 Å². The van der Waals surface area contributed by atoms with Gasteiger partial charge in [0.2, 0.25) is 0 Å². The second kappa shape index (κ2) is 7.81. The van der Waals surface area contributed by atoms with E-state index in [0.29, 0.717) is 0 Å². The molecule has 0 spiro atoms. The van der Waals surface area contributed by atoms with Gasteiger partial charge in [0.05, 0.1) is 0 Å². The molecule has 1 heterocycles. The van der Waals surface area contributed by atoms with E-state index in [4.69, 9.17) is 4.42 Å². The third-order valence-corrected chi connectivity index (χ3v) is 7.63. The van der Waals surface area contributed by atoms with Gasteiger partial charge in [0.25, 0.3) is 0 Å². The van der Waals surface area contributed by atoms with E-state index in [1.54, 1.807) is 0 Å². The summed E-state index contributed by atoms with van der Waals surface area (Å²) >= 11 is 0. The number of para-hydroxylation sites is 2. The van der Waals surface area contributed by atoms with Crippen molar-refractivity contribution in [1.29, 1.82) is 0 Å². The first-order valence-electron chi connectivity index (χ1n) is 12.7. The number of furan rings is 1. The summed E-state index contributed by atoms with van der Waals surface area (Å²) in [5.41, 5.74) is 6.65. The molecule has 8 rings (SSSR count). The predicted octanol–water partition coefficient (Wildman–Crippen LogP) is 10.4. The van der Waals surface area contributed by atoms with Crippen molar-refractivity contribution in [2.45, 2.75) is 0 Å². The fourth-order valence-electron chi connectivity index (χ4n) is 5.85. The smallest absolute Gasteiger partial charge is 0.143 e. The lowest BCUT2D eigenvalue weighted by Gasteiger charge is -2.12. The number of benzene rings is 7. The summed E-state index contributed by atoms with van der Waals surface area (Å²) in [6.45, 7) is 0. The minimum atomic E-state index is 0.927. The molecule has 8 aromatic rings. The third kappa shape index (κ3) is 3.11. The van der Waals surface area contributed by atoms with E-state index < -0.39 is 0 Å². The Morgan fingerprint density at radius 2 is 1.00 bits per heavy atom. The Morgan fingerprint density at radius 3 is 1.84 bits per heavy atom. The molecule has 0 unspecified atom stereocenters. The molecule has 0 aliphatic carbocycles. The molecule has 0 atom stereocenters. The van der Waals surface area contributed by atoms with Gasteiger partial charge in [0, 0.05) is 16.3 Å². The molecule has 0 fully saturated rings. The van der Waals surface area contributed by atoms with Crippen LogP contribution in [0.1, 0.15) is 0 Å². The Bertz CT molecular complexity index is 2140. The molecule has 7 aromatic carbocycles. The van der Waals surface area contributed by atoms with Crippen LogP contribution in [0.3, 0.4) is 0 Å². The van der Waals surface area contributed by atoms with Crippen molar-refractivity contribution in [3.8, 4) is 22.3 Å². The molecule has 0 saturated carbocycles. The summed E-state index contributed by atoms with van der Waals surface area (Å²) in [5.74, 6) is 0. The fraction of sp³-hybridized carbons (Fsp3) is 0. The van der Waals surface area contributed by atoms with Crippen molar-refractivity contribution in [3.05, 3.63) is 133 Å². The highest BCUT2D eigenvalue weighted by atomic mass is 16.3. The maximum Gasteiger partial charge on any atom is 0.143 e. The Morgan fingerprint density at radius 1 is 0.351 bits per heavy atom. The van der Waals surface area contributed by atoms with Crippen molar-refractivity contribution in [1.82, 2.24) is 0 Å². The monoisotopic (exact) mass is 470 g/mol. The van der Waals surface area contributed by atoms with Gasteiger partial charge in [0.15, 0.2) is 0 Å². The first-order chi connectivity index (χ1) is 18.3. The van der Waals surface area contributed by atoms with E-state index in [1.165, 1.54) is 43.4 Å². The molecular formula is C36H22O. The molecule has 1 heteroatoms. The minimum Gasteiger partial charge on any atom is -0.455 e. The average molecular weight is 471 g/mol. The van der Waals surface area contributed by atoms with Gasteiger partial charge in [-0.15, -0.1) is 0 Å². The largest absolute Gasteiger partial charge is 0.455 e. The molecule has 172 valence electrons. The lowest BCUT2D eigenvalue weighted by molar-refractivity contribution is 0.670. The van der Waals surface area contributed by atoms with E-state index in [2.05, 4.69) is 121 Å². The number of hydrogen-bond acceptors (Lipinski definition) is 1. The lowest BCUT2D eigenvalue weighted by atomic mass is 9.91. The van der Waals surface area contributed by atoms with Gasteiger partial charge in [-0.2, -0.15) is 0 Å². The maximum atomic E-state index is 6.33. The van der Waals surface area contributed by atoms with Crippen molar-refractivity contribution >= 4 is 54.3 Å². The number of rotatable bonds is 2. The van der Waals surface area contributed by atoms with Crippen LogP contribution in [0.2, 0.25) is 0 Å². The van der Waals surface area contributed by atoms with Gasteiger partial charge in [-0.05, 0) is 73.3 Å². The second-order valence-corrected chi connectivity index (χ2v) is 9.75. The Kier molecular flexibility index (Phi) is 4.29. The first kappa shape index (κ1) is 20.3. The highest BCUT2D eigenvalue weighted by Crippen LogP contribution is 2.39. The summed E-state index contributed by atoms with van der Waals surface area (Å²) in [7, 11) is 0. The van der Waals surface area contributed by atoms with Crippen LogP contribution >= 0.6 is 0 Å². The van der Waals surface area contributed by atoms with Gasteiger partial charge in [-0.1, -0.05) is 109 Å². The van der Waals surface area contributed by atoms with Crippen LogP contribution < -0.4 is 0 Å². The second-order valence-electron chi connectivity index (χ2n) is 9.75. The van der Waals surface area contributed by atoms with Crippen LogP contribution in [0.25, 0.3) is 76.5 Å². The summed E-state index contributed by atoms with van der Waals surface area (Å²) in [4.78, 5) is 0. The molecule has 1 nitrogen and oxygen atoms in total. The summed E-state index contributed by atoms with van der Waals surface area (Å²) in [6, 6.07) is 47.9. The summed E-state index contributed by atoms with van der Waals surface area (Å²) < 4.78 is 6.33. The highest BCUT2D eigenvalue weighted by molar-refractivity contribution is 6.14. The van der Waals surface area contributed by atoms with Gasteiger partial charge >= 0.3 is 0 Å². The van der Waals surface area contributed by atoms with E-state index in [-0.39, 0.29) is 0 Å². The average Bonchev–Trinajstić information content (AvgIpc) is 3.35. The van der Waals surface area contributed by atoms with Crippen molar-refractivity contribution in [3.63, 3.8) is 0 Å². The first-order valence-corrected chi connectivity index (χ1v) is 12.7. The zero-order chi connectivity index (χ0) is 24.3. The molecule has 0 N–H and O–H groups in total. The molecule has 1 aromatic heterocycles. The number of fused-ring (bicyclic) bond motifs is 7. The molecule has 0 bridgehead atoms. The van der Waals surface area contributed by atoms with Crippen LogP contribution in [0.4, 0.5) is 0 Å². The quantitative estimate of drug-likeness (QED) is 0.229. The van der Waals surface area contributed by atoms with Crippen LogP contribution in [0.5, 0.6) is 0 Å². The maximum absolute atomic E-state index is 6.33. The predicted molar refractivity (Wildman–Crippen MR) is 157 cm³/mol. The normalized spacial score (nSPS) is 11.8. The Balaban J connectivity index is 1.34. The van der Waals surface area contributed by atoms with Gasteiger partial charge in [-0.25, -0.2) is 0 Å². The van der Waals surface area contributed by atoms with Crippen LogP contribution in [0.15, 0.2) is 138 Å². The van der Waals surface area contributed by atoms with Gasteiger partial charge in [-0.3, -0.25) is 0 Å². The topological polar surface area (TPSA) is 13.1 Å². The molecule has 0 saturated heterocycles. The van der Waals surface area contributed by atoms with E-state index in [9.17, 15) is 0 Å². The molecule has 0 aliphatic heterocycles. The van der Waals surface area contributed by atoms with Gasteiger partial charge < -0.3 is 4.42 Å². The third-order valence-electron chi connectivity index (χ3n) is 7.63. The summed E-state index contributed by atoms with van der Waals surface area (Å²) in [5, 5.41) is 9.90. The Labute approximate surface area is 214 Å². The molecule has 0 radical (unpaired) electrons. The number of hydrogen-bond donors (Lipinski definition) is 0. The van der Waals surface area contributed by atoms with Gasteiger partial charge in [0.1, 0.15) is 11.2 Å². The van der Waals surface area contributed by atoms with Crippen molar-refractivity contribution < 1.29 is 4.42 Å². The zero-order valence-electron chi connectivity index (χ0n) is 20.1. The van der Waals surface area contributed by atoms with Crippen molar-refractivity contribution in [2.24, 2.45) is 0 Å². The Hall–Kier alpha value is -4.88. The summed E-state index contributed by atoms with van der Waals surface area (Å²) in [6.07, 6.45) is 0. The molecule has 0 aliphatic rings. The molecule has 37 heavy (non-hydrogen) atoms. The van der Waals surface area contributed by atoms with E-state index in [0.717, 1.165) is 33.1 Å². The molecular weight excluding hydrogens is 448 g/mol. The standard InChI is InChI=1S/C36H22O/c1-2-9-28-24(8-1)22-34(31-11-4-3-10-30(28)31)26-19-17-23-16-18-25(20-27(23)21-26)29-13-7-14-33-32-12-5-6-15-35(32)37-36(29)33/h1-22H. The molecule has 0 amide bonds. The van der Waals surface area contributed by atoms with Crippen LogP contribution in [-0.2, 0) is 0 Å². The lowest BCUT2D eigenvalue weighted by Crippen LogP contribution is -1.86. The zero-order valence-corrected chi connectivity index (χ0v) is 20.1. The van der Waals surface area contributed by atoms with Crippen LogP contribution in [-0.4, -0.2) is 0 Å².